The van der Waals surface area contributed by atoms with Crippen LogP contribution >= 0.6 is 22.6 Å². The first-order chi connectivity index (χ1) is 15.5. The molecule has 1 saturated heterocycles. The summed E-state index contributed by atoms with van der Waals surface area (Å²) in [6.07, 6.45) is 4.07. The number of benzene rings is 1. The molecule has 0 aliphatic carbocycles. The predicted molar refractivity (Wildman–Crippen MR) is 137 cm³/mol. The molecular weight excluding hydrogens is 558 g/mol. The second kappa shape index (κ2) is 10.6. The number of nitrogens with zero attached hydrogens (tertiary/aromatic N) is 2. The third-order valence-electron chi connectivity index (χ3n) is 5.83. The number of sulfonamides is 1. The summed E-state index contributed by atoms with van der Waals surface area (Å²) in [7, 11) is -3.88. The van der Waals surface area contributed by atoms with Gasteiger partial charge in [-0.15, -0.1) is 0 Å². The highest BCUT2D eigenvalue weighted by atomic mass is 127. The molecule has 2 amide bonds. The van der Waals surface area contributed by atoms with Crippen molar-refractivity contribution < 1.29 is 17.6 Å². The van der Waals surface area contributed by atoms with E-state index in [1.54, 1.807) is 24.5 Å². The molecule has 1 aliphatic rings. The number of anilines is 1. The summed E-state index contributed by atoms with van der Waals surface area (Å²) in [4.78, 5) is 19.2. The van der Waals surface area contributed by atoms with E-state index < -0.39 is 27.1 Å². The number of pyridine rings is 1. The van der Waals surface area contributed by atoms with Crippen LogP contribution in [0.2, 0.25) is 0 Å². The summed E-state index contributed by atoms with van der Waals surface area (Å²) in [5.41, 5.74) is 2.00. The third kappa shape index (κ3) is 6.21. The minimum absolute atomic E-state index is 0.0720. The minimum Gasteiger partial charge on any atom is -0.306 e. The van der Waals surface area contributed by atoms with Gasteiger partial charge in [0, 0.05) is 36.1 Å². The number of halogens is 2. The van der Waals surface area contributed by atoms with E-state index in [0.717, 1.165) is 0 Å². The van der Waals surface area contributed by atoms with Crippen LogP contribution in [0.1, 0.15) is 52.0 Å². The van der Waals surface area contributed by atoms with E-state index in [2.05, 4.69) is 56.4 Å². The molecule has 0 radical (unpaired) electrons. The van der Waals surface area contributed by atoms with Gasteiger partial charge in [0.05, 0.1) is 15.0 Å². The number of hydrogen-bond donors (Lipinski definition) is 2. The molecule has 1 aromatic heterocycles. The summed E-state index contributed by atoms with van der Waals surface area (Å²) in [6.45, 7) is 8.58. The number of rotatable bonds is 6. The fraction of sp³-hybridized carbons (Fsp3) is 0.478. The lowest BCUT2D eigenvalue weighted by Gasteiger charge is -2.38. The number of carbonyl (C=O) groups is 1. The van der Waals surface area contributed by atoms with Gasteiger partial charge in [-0.1, -0.05) is 42.5 Å². The van der Waals surface area contributed by atoms with Crippen LogP contribution in [0.4, 0.5) is 14.9 Å². The number of urea groups is 1. The Morgan fingerprint density at radius 1 is 1.27 bits per heavy atom. The molecule has 2 unspecified atom stereocenters. The third-order valence-corrected chi connectivity index (χ3v) is 8.83. The lowest BCUT2D eigenvalue weighted by molar-refractivity contribution is 0.174. The Balaban J connectivity index is 1.84. The summed E-state index contributed by atoms with van der Waals surface area (Å²) in [6, 6.07) is 5.62. The van der Waals surface area contributed by atoms with Gasteiger partial charge in [-0.2, -0.15) is 0 Å². The fourth-order valence-corrected chi connectivity index (χ4v) is 7.30. The monoisotopic (exact) mass is 588 g/mol. The van der Waals surface area contributed by atoms with E-state index in [-0.39, 0.29) is 9.97 Å². The number of aromatic nitrogens is 1. The first-order valence-corrected chi connectivity index (χ1v) is 13.7. The second-order valence-electron chi connectivity index (χ2n) is 8.83. The second-order valence-corrected chi connectivity index (χ2v) is 12.2. The predicted octanol–water partition coefficient (Wildman–Crippen LogP) is 5.10. The number of hydrogen-bond acceptors (Lipinski definition) is 5. The van der Waals surface area contributed by atoms with E-state index in [0.29, 0.717) is 47.8 Å². The van der Waals surface area contributed by atoms with Gasteiger partial charge < -0.3 is 5.32 Å². The molecule has 1 fully saturated rings. The van der Waals surface area contributed by atoms with E-state index in [1.807, 2.05) is 13.8 Å². The van der Waals surface area contributed by atoms with Crippen molar-refractivity contribution in [1.29, 1.82) is 0 Å². The van der Waals surface area contributed by atoms with Crippen molar-refractivity contribution >= 4 is 44.3 Å². The van der Waals surface area contributed by atoms with E-state index in [9.17, 15) is 17.6 Å². The molecule has 3 rings (SSSR count). The molecule has 2 heterocycles. The molecule has 33 heavy (non-hydrogen) atoms. The SMILES string of the molecule is CC(C)c1cc(F)cc(-c2cccnc2)c1NC(=O)NS(=O)(=O)C1CCN(C(C)C)C(I)C1. The summed E-state index contributed by atoms with van der Waals surface area (Å²) in [5.74, 6) is -0.552. The normalized spacial score (nSPS) is 19.6. The standard InChI is InChI=1S/C23H30FIN4O3S/c1-14(2)19-10-17(24)11-20(16-6-5-8-26-13-16)22(19)27-23(30)28-33(31,32)18-7-9-29(15(3)4)21(25)12-18/h5-6,8,10-11,13-15,18,21H,7,9,12H2,1-4H3,(H2,27,28,30). The average molecular weight is 588 g/mol. The molecule has 0 bridgehead atoms. The van der Waals surface area contributed by atoms with Crippen molar-refractivity contribution in [2.24, 2.45) is 0 Å². The summed E-state index contributed by atoms with van der Waals surface area (Å²) >= 11 is 2.26. The Bertz CT molecular complexity index is 1100. The van der Waals surface area contributed by atoms with Crippen molar-refractivity contribution in [3.8, 4) is 11.1 Å². The minimum atomic E-state index is -3.88. The van der Waals surface area contributed by atoms with Gasteiger partial charge in [-0.3, -0.25) is 9.88 Å². The van der Waals surface area contributed by atoms with Crippen LogP contribution in [0.5, 0.6) is 0 Å². The number of likely N-dealkylation sites (tertiary alicyclic amines) is 1. The number of carbonyl (C=O) groups excluding carboxylic acids is 1. The molecule has 1 aromatic carbocycles. The number of piperidine rings is 1. The van der Waals surface area contributed by atoms with Crippen LogP contribution in [0.3, 0.4) is 0 Å². The van der Waals surface area contributed by atoms with Gasteiger partial charge in [0.25, 0.3) is 0 Å². The molecule has 180 valence electrons. The summed E-state index contributed by atoms with van der Waals surface area (Å²) < 4.78 is 42.6. The van der Waals surface area contributed by atoms with Crippen LogP contribution in [0.25, 0.3) is 11.1 Å². The molecule has 10 heteroatoms. The van der Waals surface area contributed by atoms with Gasteiger partial charge in [0.2, 0.25) is 10.0 Å². The molecule has 0 saturated carbocycles. The maximum Gasteiger partial charge on any atom is 0.332 e. The number of alkyl halides is 1. The zero-order valence-electron chi connectivity index (χ0n) is 19.2. The van der Waals surface area contributed by atoms with Crippen molar-refractivity contribution in [3.63, 3.8) is 0 Å². The number of amides is 2. The Morgan fingerprint density at radius 2 is 2.00 bits per heavy atom. The molecule has 0 spiro atoms. The van der Waals surface area contributed by atoms with Gasteiger partial charge in [0.1, 0.15) is 5.82 Å². The quantitative estimate of drug-likeness (QED) is 0.279. The van der Waals surface area contributed by atoms with Crippen LogP contribution < -0.4 is 10.0 Å². The highest BCUT2D eigenvalue weighted by Gasteiger charge is 2.36. The maximum atomic E-state index is 14.4. The van der Waals surface area contributed by atoms with Gasteiger partial charge in [-0.25, -0.2) is 22.3 Å². The van der Waals surface area contributed by atoms with Crippen molar-refractivity contribution in [2.75, 3.05) is 11.9 Å². The first kappa shape index (κ1) is 25.8. The average Bonchev–Trinajstić information content (AvgIpc) is 2.74. The Labute approximate surface area is 208 Å². The lowest BCUT2D eigenvalue weighted by Crippen LogP contribution is -2.50. The molecule has 1 aliphatic heterocycles. The highest BCUT2D eigenvalue weighted by molar-refractivity contribution is 14.1. The van der Waals surface area contributed by atoms with E-state index in [4.69, 9.17) is 0 Å². The Kier molecular flexibility index (Phi) is 8.33. The van der Waals surface area contributed by atoms with Crippen molar-refractivity contribution in [3.05, 3.63) is 48.0 Å². The zero-order valence-corrected chi connectivity index (χ0v) is 22.2. The van der Waals surface area contributed by atoms with Crippen LogP contribution in [0.15, 0.2) is 36.7 Å². The van der Waals surface area contributed by atoms with Crippen LogP contribution in [0, 0.1) is 5.82 Å². The number of nitrogens with one attached hydrogen (secondary N) is 2. The maximum absolute atomic E-state index is 14.4. The lowest BCUT2D eigenvalue weighted by atomic mass is 9.94. The zero-order chi connectivity index (χ0) is 24.3. The van der Waals surface area contributed by atoms with Gasteiger partial charge in [-0.05, 0) is 56.4 Å². The van der Waals surface area contributed by atoms with E-state index >= 15 is 0 Å². The topological polar surface area (TPSA) is 91.4 Å². The van der Waals surface area contributed by atoms with Crippen LogP contribution in [-0.4, -0.2) is 46.2 Å². The molecule has 2 atom stereocenters. The van der Waals surface area contributed by atoms with Gasteiger partial charge in [0.15, 0.2) is 0 Å². The highest BCUT2D eigenvalue weighted by Crippen LogP contribution is 2.36. The molecule has 2 N–H and O–H groups in total. The molecular formula is C23H30FIN4O3S. The largest absolute Gasteiger partial charge is 0.332 e. The van der Waals surface area contributed by atoms with Crippen molar-refractivity contribution in [1.82, 2.24) is 14.6 Å². The Morgan fingerprint density at radius 3 is 2.58 bits per heavy atom. The smallest absolute Gasteiger partial charge is 0.306 e. The van der Waals surface area contributed by atoms with E-state index in [1.165, 1.54) is 12.1 Å². The van der Waals surface area contributed by atoms with Gasteiger partial charge >= 0.3 is 6.03 Å². The Hall–Kier alpha value is -1.79. The molecule has 2 aromatic rings. The van der Waals surface area contributed by atoms with Crippen LogP contribution in [-0.2, 0) is 10.0 Å². The first-order valence-electron chi connectivity index (χ1n) is 11.0. The fourth-order valence-electron chi connectivity index (χ4n) is 4.09. The molecule has 7 nitrogen and oxygen atoms in total. The van der Waals surface area contributed by atoms with Crippen molar-refractivity contribution in [2.45, 2.75) is 61.8 Å². The summed E-state index contributed by atoms with van der Waals surface area (Å²) in [5, 5.41) is 2.03.